The number of nitrogens with zero attached hydrogens (tertiary/aromatic N) is 5. The first-order valence-electron chi connectivity index (χ1n) is 22.9. The molecule has 0 bridgehead atoms. The van der Waals surface area contributed by atoms with Crippen molar-refractivity contribution < 1.29 is 37.1 Å². The van der Waals surface area contributed by atoms with Gasteiger partial charge in [0.25, 0.3) is 15.9 Å². The minimum Gasteiger partial charge on any atom is -0.455 e. The van der Waals surface area contributed by atoms with Crippen LogP contribution in [0.5, 0.6) is 11.5 Å². The molecular formula is C48H57FN8O8S. The average Bonchev–Trinajstić information content (AvgIpc) is 3.66. The maximum Gasteiger partial charge on any atom is 0.312 e. The fraction of sp³-hybridized carbons (Fsp3) is 0.479. The van der Waals surface area contributed by atoms with Crippen molar-refractivity contribution in [2.24, 2.45) is 11.3 Å². The Bertz CT molecular complexity index is 2720. The number of aromatic amines is 1. The first kappa shape index (κ1) is 45.5. The predicted molar refractivity (Wildman–Crippen MR) is 247 cm³/mol. The van der Waals surface area contributed by atoms with Crippen molar-refractivity contribution in [2.75, 3.05) is 49.6 Å². The summed E-state index contributed by atoms with van der Waals surface area (Å²) in [5.74, 6) is -1.01. The van der Waals surface area contributed by atoms with E-state index in [0.717, 1.165) is 82.7 Å². The number of H-pyrrole nitrogens is 1. The highest BCUT2D eigenvalue weighted by molar-refractivity contribution is 7.90. The predicted octanol–water partition coefficient (Wildman–Crippen LogP) is 8.22. The zero-order valence-corrected chi connectivity index (χ0v) is 38.3. The van der Waals surface area contributed by atoms with Gasteiger partial charge in [0.2, 0.25) is 5.82 Å². The summed E-state index contributed by atoms with van der Waals surface area (Å²) in [4.78, 5) is 40.8. The van der Waals surface area contributed by atoms with Crippen molar-refractivity contribution in [3.63, 3.8) is 0 Å². The van der Waals surface area contributed by atoms with Crippen LogP contribution in [0.3, 0.4) is 0 Å². The molecule has 2 saturated heterocycles. The molecule has 4 aliphatic rings. The highest BCUT2D eigenvalue weighted by Crippen LogP contribution is 2.53. The summed E-state index contributed by atoms with van der Waals surface area (Å²) < 4.78 is 56.3. The molecule has 9 rings (SSSR count). The van der Waals surface area contributed by atoms with Crippen LogP contribution in [0.4, 0.5) is 21.6 Å². The van der Waals surface area contributed by atoms with Gasteiger partial charge in [-0.25, -0.2) is 27.5 Å². The van der Waals surface area contributed by atoms with Crippen molar-refractivity contribution in [2.45, 2.75) is 101 Å². The third kappa shape index (κ3) is 9.46. The molecule has 5 aromatic rings. The highest BCUT2D eigenvalue weighted by Gasteiger charge is 2.50. The number of nitro groups is 1. The number of aliphatic hydroxyl groups is 1. The summed E-state index contributed by atoms with van der Waals surface area (Å²) in [5, 5.41) is 25.6. The third-order valence-electron chi connectivity index (χ3n) is 14.4. The number of benzene rings is 2. The second-order valence-electron chi connectivity index (χ2n) is 19.2. The molecule has 0 radical (unpaired) electrons. The van der Waals surface area contributed by atoms with Crippen LogP contribution in [0, 0.1) is 27.3 Å². The lowest BCUT2D eigenvalue weighted by molar-refractivity contribution is -0.384. The number of hydrogen-bond donors (Lipinski definition) is 4. The minimum absolute atomic E-state index is 0.00852. The van der Waals surface area contributed by atoms with Gasteiger partial charge in [-0.2, -0.15) is 0 Å². The standard InChI is InChI=1S/C48H57FN8O8S/c1-30(2)36-6-4-5-7-37(36)42-29-64-19-18-56(42)33-23-48(24-33)14-16-55(17-15-48)32-8-9-38(43(20-32)65-34-21-39-40(49)28-53-44(39)51-26-34)46(58)54-66(62,63)35-22-41(57(60)61)45(52-27-35)50-25-31-10-12-47(3,59)13-11-31/h4-9,20-22,26-28,30-31,33,42,59H,10-19,23-25,29H2,1-3H3,(H,50,52)(H,51,53)(H,54,58)/t31-,42-,47-/m0/s1. The van der Waals surface area contributed by atoms with E-state index in [9.17, 15) is 32.8 Å². The molecule has 1 spiro atoms. The van der Waals surface area contributed by atoms with E-state index in [1.807, 2.05) is 4.72 Å². The summed E-state index contributed by atoms with van der Waals surface area (Å²) in [7, 11) is -4.69. The summed E-state index contributed by atoms with van der Waals surface area (Å²) in [6.07, 6.45) is 10.3. The molecule has 2 saturated carbocycles. The van der Waals surface area contributed by atoms with Crippen LogP contribution in [-0.4, -0.2) is 95.2 Å². The Hall–Kier alpha value is -5.69. The molecule has 3 aromatic heterocycles. The number of ether oxygens (including phenoxy) is 2. The fourth-order valence-electron chi connectivity index (χ4n) is 10.4. The molecule has 5 heterocycles. The van der Waals surface area contributed by atoms with Gasteiger partial charge in [0.1, 0.15) is 27.9 Å². The van der Waals surface area contributed by atoms with Gasteiger partial charge in [0.15, 0.2) is 0 Å². The van der Waals surface area contributed by atoms with Crippen LogP contribution in [0.15, 0.2) is 78.1 Å². The number of carbonyl (C=O) groups excluding carboxylic acids is 1. The Morgan fingerprint density at radius 2 is 1.82 bits per heavy atom. The maximum absolute atomic E-state index is 14.6. The van der Waals surface area contributed by atoms with Crippen molar-refractivity contribution in [3.8, 4) is 11.5 Å². The van der Waals surface area contributed by atoms with Gasteiger partial charge < -0.3 is 29.8 Å². The zero-order valence-electron chi connectivity index (χ0n) is 37.5. The number of aromatic nitrogens is 3. The zero-order chi connectivity index (χ0) is 46.4. The molecule has 18 heteroatoms. The quantitative estimate of drug-likeness (QED) is 0.0650. The molecule has 2 aromatic carbocycles. The van der Waals surface area contributed by atoms with E-state index in [1.54, 1.807) is 19.1 Å². The molecule has 2 aliphatic heterocycles. The van der Waals surface area contributed by atoms with Gasteiger partial charge >= 0.3 is 5.69 Å². The summed E-state index contributed by atoms with van der Waals surface area (Å²) in [5.41, 5.74) is 2.55. The molecule has 16 nitrogen and oxygen atoms in total. The Labute approximate surface area is 383 Å². The Morgan fingerprint density at radius 3 is 2.56 bits per heavy atom. The van der Waals surface area contributed by atoms with E-state index < -0.39 is 42.9 Å². The topological polar surface area (TPSA) is 205 Å². The number of halogens is 1. The van der Waals surface area contributed by atoms with Crippen LogP contribution < -0.4 is 19.7 Å². The Kier molecular flexibility index (Phi) is 12.5. The van der Waals surface area contributed by atoms with Crippen molar-refractivity contribution in [1.82, 2.24) is 24.6 Å². The number of fused-ring (bicyclic) bond motifs is 1. The molecule has 2 aliphatic carbocycles. The van der Waals surface area contributed by atoms with Crippen LogP contribution in [0.1, 0.15) is 106 Å². The van der Waals surface area contributed by atoms with Crippen LogP contribution in [-0.2, 0) is 14.8 Å². The summed E-state index contributed by atoms with van der Waals surface area (Å²) in [6.45, 7) is 10.5. The molecule has 0 unspecified atom stereocenters. The van der Waals surface area contributed by atoms with Gasteiger partial charge in [-0.15, -0.1) is 0 Å². The monoisotopic (exact) mass is 924 g/mol. The molecule has 66 heavy (non-hydrogen) atoms. The van der Waals surface area contributed by atoms with Crippen molar-refractivity contribution >= 4 is 44.2 Å². The van der Waals surface area contributed by atoms with E-state index >= 15 is 0 Å². The number of sulfonamides is 1. The second kappa shape index (κ2) is 18.2. The fourth-order valence-corrected chi connectivity index (χ4v) is 11.4. The van der Waals surface area contributed by atoms with Gasteiger partial charge in [-0.3, -0.25) is 19.8 Å². The number of carbonyl (C=O) groups is 1. The van der Waals surface area contributed by atoms with Crippen molar-refractivity contribution in [3.05, 3.63) is 106 Å². The van der Waals surface area contributed by atoms with Gasteiger partial charge in [0, 0.05) is 56.2 Å². The Morgan fingerprint density at radius 1 is 1.06 bits per heavy atom. The third-order valence-corrected chi connectivity index (χ3v) is 15.7. The lowest BCUT2D eigenvalue weighted by atomic mass is 9.59. The van der Waals surface area contributed by atoms with Crippen LogP contribution in [0.25, 0.3) is 11.0 Å². The normalized spacial score (nSPS) is 22.6. The number of pyridine rings is 2. The number of anilines is 2. The largest absolute Gasteiger partial charge is 0.455 e. The molecule has 4 fully saturated rings. The number of piperidine rings is 1. The van der Waals surface area contributed by atoms with Gasteiger partial charge in [0.05, 0.1) is 53.1 Å². The smallest absolute Gasteiger partial charge is 0.312 e. The highest BCUT2D eigenvalue weighted by atomic mass is 32.2. The SMILES string of the molecule is CC(C)c1ccccc1[C@@H]1COCCN1C1CC2(CCN(c3ccc(C(=O)NS(=O)(=O)c4cnc(NC[C@H]5CC[C@](C)(O)CC5)c([N+](=O)[O-])c4)c(Oc4cnc5[nH]cc(F)c5c4)c3)CC2)C1. The van der Waals surface area contributed by atoms with Crippen LogP contribution >= 0.6 is 0 Å². The van der Waals surface area contributed by atoms with E-state index in [0.29, 0.717) is 43.6 Å². The van der Waals surface area contributed by atoms with Crippen LogP contribution in [0.2, 0.25) is 0 Å². The van der Waals surface area contributed by atoms with Gasteiger partial charge in [-0.05, 0) is 105 Å². The summed E-state index contributed by atoms with van der Waals surface area (Å²) >= 11 is 0. The summed E-state index contributed by atoms with van der Waals surface area (Å²) in [6, 6.07) is 16.6. The number of nitrogens with one attached hydrogen (secondary N) is 3. The van der Waals surface area contributed by atoms with Crippen molar-refractivity contribution in [1.29, 1.82) is 0 Å². The first-order valence-corrected chi connectivity index (χ1v) is 24.3. The molecular weight excluding hydrogens is 868 g/mol. The molecule has 1 amide bonds. The number of amides is 1. The maximum atomic E-state index is 14.6. The Balaban J connectivity index is 0.907. The van der Waals surface area contributed by atoms with Gasteiger partial charge in [-0.1, -0.05) is 38.1 Å². The molecule has 350 valence electrons. The van der Waals surface area contributed by atoms with E-state index in [1.165, 1.54) is 35.7 Å². The average molecular weight is 925 g/mol. The lowest BCUT2D eigenvalue weighted by Crippen LogP contribution is -2.58. The molecule has 4 N–H and O–H groups in total. The number of hydrogen-bond acceptors (Lipinski definition) is 13. The minimum atomic E-state index is -4.69. The first-order chi connectivity index (χ1) is 31.6. The van der Waals surface area contributed by atoms with E-state index in [-0.39, 0.29) is 45.6 Å². The number of rotatable bonds is 13. The lowest BCUT2D eigenvalue weighted by Gasteiger charge is -2.57. The second-order valence-corrected chi connectivity index (χ2v) is 20.9. The van der Waals surface area contributed by atoms with E-state index in [2.05, 4.69) is 68.2 Å². The van der Waals surface area contributed by atoms with E-state index in [4.69, 9.17) is 9.47 Å². The molecule has 1 atom stereocenters. The number of morpholine rings is 1.